The number of para-hydroxylation sites is 2. The van der Waals surface area contributed by atoms with Gasteiger partial charge in [0.25, 0.3) is 0 Å². The van der Waals surface area contributed by atoms with Crippen LogP contribution in [0, 0.1) is 0 Å². The average Bonchev–Trinajstić information content (AvgIpc) is 2.39. The minimum atomic E-state index is -0.0200. The molecule has 0 atom stereocenters. The maximum atomic E-state index is 9.35. The summed E-state index contributed by atoms with van der Waals surface area (Å²) in [7, 11) is 0. The van der Waals surface area contributed by atoms with E-state index in [9.17, 15) is 5.11 Å². The Morgan fingerprint density at radius 1 is 0.895 bits per heavy atom. The molecule has 19 heavy (non-hydrogen) atoms. The third-order valence-corrected chi connectivity index (χ3v) is 3.06. The molecule has 0 aliphatic rings. The van der Waals surface area contributed by atoms with Crippen LogP contribution >= 0.6 is 0 Å². The fraction of sp³-hybridized carbons (Fsp3) is 0.294. The number of aliphatic hydroxyl groups excluding tert-OH is 1. The molecule has 0 saturated heterocycles. The third-order valence-electron chi connectivity index (χ3n) is 3.06. The Kier molecular flexibility index (Phi) is 3.91. The summed E-state index contributed by atoms with van der Waals surface area (Å²) >= 11 is 0. The van der Waals surface area contributed by atoms with Crippen molar-refractivity contribution in [3.63, 3.8) is 0 Å². The number of hydrogen-bond donors (Lipinski definition) is 1. The summed E-state index contributed by atoms with van der Waals surface area (Å²) in [6.07, 6.45) is 0. The average molecular weight is 256 g/mol. The number of rotatable bonds is 3. The SMILES string of the molecule is CC(C)(C)c1ccccc1Oc1ccccc1CO. The zero-order valence-electron chi connectivity index (χ0n) is 11.7. The lowest BCUT2D eigenvalue weighted by molar-refractivity contribution is 0.276. The van der Waals surface area contributed by atoms with Crippen LogP contribution in [0.1, 0.15) is 31.9 Å². The summed E-state index contributed by atoms with van der Waals surface area (Å²) in [5.74, 6) is 1.55. The Labute approximate surface area is 114 Å². The van der Waals surface area contributed by atoms with E-state index in [2.05, 4.69) is 26.8 Å². The van der Waals surface area contributed by atoms with Crippen LogP contribution in [0.5, 0.6) is 11.5 Å². The molecule has 2 aromatic carbocycles. The highest BCUT2D eigenvalue weighted by Crippen LogP contribution is 2.34. The van der Waals surface area contributed by atoms with E-state index in [0.717, 1.165) is 16.9 Å². The molecule has 0 radical (unpaired) electrons. The maximum Gasteiger partial charge on any atom is 0.132 e. The Morgan fingerprint density at radius 3 is 2.11 bits per heavy atom. The highest BCUT2D eigenvalue weighted by molar-refractivity contribution is 5.43. The molecule has 2 rings (SSSR count). The second-order valence-corrected chi connectivity index (χ2v) is 5.61. The third kappa shape index (κ3) is 3.15. The van der Waals surface area contributed by atoms with Gasteiger partial charge in [-0.15, -0.1) is 0 Å². The van der Waals surface area contributed by atoms with Crippen LogP contribution in [0.4, 0.5) is 0 Å². The van der Waals surface area contributed by atoms with E-state index >= 15 is 0 Å². The van der Waals surface area contributed by atoms with Crippen molar-refractivity contribution >= 4 is 0 Å². The number of ether oxygens (including phenoxy) is 1. The fourth-order valence-corrected chi connectivity index (χ4v) is 2.03. The molecule has 0 aromatic heterocycles. The van der Waals surface area contributed by atoms with Crippen LogP contribution in [0.15, 0.2) is 48.5 Å². The lowest BCUT2D eigenvalue weighted by atomic mass is 9.86. The molecule has 0 saturated carbocycles. The minimum Gasteiger partial charge on any atom is -0.457 e. The monoisotopic (exact) mass is 256 g/mol. The van der Waals surface area contributed by atoms with Gasteiger partial charge in [-0.25, -0.2) is 0 Å². The van der Waals surface area contributed by atoms with Gasteiger partial charge in [0.1, 0.15) is 11.5 Å². The van der Waals surface area contributed by atoms with Crippen molar-refractivity contribution in [1.29, 1.82) is 0 Å². The molecule has 2 heteroatoms. The molecule has 0 aliphatic carbocycles. The summed E-state index contributed by atoms with van der Waals surface area (Å²) < 4.78 is 6.00. The molecular formula is C17H20O2. The smallest absolute Gasteiger partial charge is 0.132 e. The largest absolute Gasteiger partial charge is 0.457 e. The van der Waals surface area contributed by atoms with E-state index in [1.54, 1.807) is 0 Å². The predicted octanol–water partition coefficient (Wildman–Crippen LogP) is 4.27. The van der Waals surface area contributed by atoms with E-state index in [1.165, 1.54) is 0 Å². The molecule has 0 aliphatic heterocycles. The van der Waals surface area contributed by atoms with Crippen LogP contribution in [-0.4, -0.2) is 5.11 Å². The first-order valence-corrected chi connectivity index (χ1v) is 6.48. The normalized spacial score (nSPS) is 11.4. The van der Waals surface area contributed by atoms with Crippen molar-refractivity contribution in [2.24, 2.45) is 0 Å². The molecule has 0 fully saturated rings. The lowest BCUT2D eigenvalue weighted by Gasteiger charge is -2.23. The number of hydrogen-bond acceptors (Lipinski definition) is 2. The first-order chi connectivity index (χ1) is 9.02. The summed E-state index contributed by atoms with van der Waals surface area (Å²) in [5.41, 5.74) is 1.97. The molecular weight excluding hydrogens is 236 g/mol. The lowest BCUT2D eigenvalue weighted by Crippen LogP contribution is -2.12. The zero-order valence-corrected chi connectivity index (χ0v) is 11.7. The van der Waals surface area contributed by atoms with Crippen molar-refractivity contribution < 1.29 is 9.84 Å². The topological polar surface area (TPSA) is 29.5 Å². The van der Waals surface area contributed by atoms with Gasteiger partial charge in [-0.1, -0.05) is 57.2 Å². The minimum absolute atomic E-state index is 0.0186. The van der Waals surface area contributed by atoms with Crippen molar-refractivity contribution in [1.82, 2.24) is 0 Å². The Balaban J connectivity index is 2.39. The van der Waals surface area contributed by atoms with Gasteiger partial charge in [-0.3, -0.25) is 0 Å². The predicted molar refractivity (Wildman–Crippen MR) is 77.6 cm³/mol. The fourth-order valence-electron chi connectivity index (χ4n) is 2.03. The summed E-state index contributed by atoms with van der Waals surface area (Å²) in [5, 5.41) is 9.35. The van der Waals surface area contributed by atoms with Gasteiger partial charge >= 0.3 is 0 Å². The molecule has 0 spiro atoms. The van der Waals surface area contributed by atoms with E-state index in [-0.39, 0.29) is 12.0 Å². The van der Waals surface area contributed by atoms with Gasteiger partial charge < -0.3 is 9.84 Å². The van der Waals surface area contributed by atoms with Gasteiger partial charge in [0.05, 0.1) is 6.61 Å². The van der Waals surface area contributed by atoms with Gasteiger partial charge in [-0.2, -0.15) is 0 Å². The molecule has 0 amide bonds. The van der Waals surface area contributed by atoms with Crippen LogP contribution in [-0.2, 0) is 12.0 Å². The zero-order chi connectivity index (χ0) is 13.9. The highest BCUT2D eigenvalue weighted by Gasteiger charge is 2.19. The quantitative estimate of drug-likeness (QED) is 0.888. The summed E-state index contributed by atoms with van der Waals surface area (Å²) in [6.45, 7) is 6.46. The van der Waals surface area contributed by atoms with Crippen molar-refractivity contribution in [3.05, 3.63) is 59.7 Å². The van der Waals surface area contributed by atoms with E-state index in [1.807, 2.05) is 42.5 Å². The molecule has 0 bridgehead atoms. The Hall–Kier alpha value is -1.80. The van der Waals surface area contributed by atoms with E-state index in [0.29, 0.717) is 5.75 Å². The van der Waals surface area contributed by atoms with Crippen LogP contribution < -0.4 is 4.74 Å². The van der Waals surface area contributed by atoms with Gasteiger partial charge in [0.2, 0.25) is 0 Å². The Bertz CT molecular complexity index is 553. The highest BCUT2D eigenvalue weighted by atomic mass is 16.5. The molecule has 0 heterocycles. The first kappa shape index (κ1) is 13.6. The number of benzene rings is 2. The van der Waals surface area contributed by atoms with Crippen LogP contribution in [0.3, 0.4) is 0 Å². The molecule has 2 nitrogen and oxygen atoms in total. The van der Waals surface area contributed by atoms with Gasteiger partial charge in [0.15, 0.2) is 0 Å². The standard InChI is InChI=1S/C17H20O2/c1-17(2,3)14-9-5-7-11-16(14)19-15-10-6-4-8-13(15)12-18/h4-11,18H,12H2,1-3H3. The van der Waals surface area contributed by atoms with Gasteiger partial charge in [-0.05, 0) is 17.5 Å². The molecule has 0 unspecified atom stereocenters. The van der Waals surface area contributed by atoms with E-state index < -0.39 is 0 Å². The number of aliphatic hydroxyl groups is 1. The second-order valence-electron chi connectivity index (χ2n) is 5.61. The van der Waals surface area contributed by atoms with Crippen LogP contribution in [0.2, 0.25) is 0 Å². The van der Waals surface area contributed by atoms with Gasteiger partial charge in [0, 0.05) is 11.1 Å². The first-order valence-electron chi connectivity index (χ1n) is 6.48. The molecule has 1 N–H and O–H groups in total. The summed E-state index contributed by atoms with van der Waals surface area (Å²) in [4.78, 5) is 0. The molecule has 100 valence electrons. The van der Waals surface area contributed by atoms with E-state index in [4.69, 9.17) is 4.74 Å². The maximum absolute atomic E-state index is 9.35. The van der Waals surface area contributed by atoms with Crippen LogP contribution in [0.25, 0.3) is 0 Å². The van der Waals surface area contributed by atoms with Crippen molar-refractivity contribution in [3.8, 4) is 11.5 Å². The Morgan fingerprint density at radius 2 is 1.47 bits per heavy atom. The summed E-state index contributed by atoms with van der Waals surface area (Å²) in [6, 6.07) is 15.6. The molecule has 2 aromatic rings. The van der Waals surface area contributed by atoms with Crippen molar-refractivity contribution in [2.75, 3.05) is 0 Å². The van der Waals surface area contributed by atoms with Crippen molar-refractivity contribution in [2.45, 2.75) is 32.8 Å². The second kappa shape index (κ2) is 5.45.